The minimum atomic E-state index is -3.08. The summed E-state index contributed by atoms with van der Waals surface area (Å²) in [5, 5.41) is 9.24. The first-order valence-corrected chi connectivity index (χ1v) is 6.34. The van der Waals surface area contributed by atoms with Gasteiger partial charge in [0, 0.05) is 12.9 Å². The van der Waals surface area contributed by atoms with Crippen molar-refractivity contribution in [3.05, 3.63) is 0 Å². The van der Waals surface area contributed by atoms with E-state index >= 15 is 0 Å². The zero-order chi connectivity index (χ0) is 10.5. The second-order valence-electron chi connectivity index (χ2n) is 3.45. The van der Waals surface area contributed by atoms with Gasteiger partial charge in [-0.05, 0) is 20.3 Å². The van der Waals surface area contributed by atoms with Gasteiger partial charge in [-0.25, -0.2) is 8.42 Å². The highest BCUT2D eigenvalue weighted by atomic mass is 32.2. The van der Waals surface area contributed by atoms with Gasteiger partial charge in [-0.2, -0.15) is 0 Å². The third kappa shape index (κ3) is 9.79. The van der Waals surface area contributed by atoms with Gasteiger partial charge in [0.1, 0.15) is 9.84 Å². The average molecular weight is 210 g/mol. The fraction of sp³-hybridized carbons (Fsp3) is 1.00. The summed E-state index contributed by atoms with van der Waals surface area (Å²) in [6, 6.07) is 0. The molecule has 13 heavy (non-hydrogen) atoms. The third-order valence-corrected chi connectivity index (χ3v) is 2.39. The van der Waals surface area contributed by atoms with Crippen molar-refractivity contribution in [3.8, 4) is 0 Å². The first-order valence-electron chi connectivity index (χ1n) is 4.28. The minimum Gasteiger partial charge on any atom is -0.392 e. The minimum absolute atomic E-state index is 0.116. The van der Waals surface area contributed by atoms with E-state index in [0.717, 1.165) is 6.26 Å². The Kier molecular flexibility index (Phi) is 5.51. The second kappa shape index (κ2) is 5.57. The summed E-state index contributed by atoms with van der Waals surface area (Å²) in [7, 11) is -3.08. The van der Waals surface area contributed by atoms with Crippen LogP contribution in [0.5, 0.6) is 0 Å². The maximum atomic E-state index is 10.7. The Hall–Kier alpha value is -0.130. The molecule has 0 bridgehead atoms. The van der Waals surface area contributed by atoms with Crippen molar-refractivity contribution in [3.63, 3.8) is 0 Å². The van der Waals surface area contributed by atoms with Crippen molar-refractivity contribution in [2.24, 2.45) is 0 Å². The maximum Gasteiger partial charge on any atom is 0.149 e. The molecule has 0 spiro atoms. The molecule has 0 rings (SSSR count). The van der Waals surface area contributed by atoms with Gasteiger partial charge < -0.3 is 9.84 Å². The highest BCUT2D eigenvalue weighted by Crippen LogP contribution is 1.98. The molecule has 1 N–H and O–H groups in total. The Morgan fingerprint density at radius 2 is 1.92 bits per heavy atom. The maximum absolute atomic E-state index is 10.7. The molecule has 0 saturated carbocycles. The van der Waals surface area contributed by atoms with Crippen LogP contribution in [0.25, 0.3) is 0 Å². The van der Waals surface area contributed by atoms with Gasteiger partial charge in [0.25, 0.3) is 0 Å². The van der Waals surface area contributed by atoms with Crippen molar-refractivity contribution in [2.75, 3.05) is 18.6 Å². The fourth-order valence-corrected chi connectivity index (χ4v) is 1.74. The molecule has 1 unspecified atom stereocenters. The molecule has 0 fully saturated rings. The predicted octanol–water partition coefficient (Wildman–Crippen LogP) is 0.207. The number of aliphatic hydroxyl groups excluding tert-OH is 1. The number of aliphatic hydroxyl groups is 1. The molecule has 0 heterocycles. The van der Waals surface area contributed by atoms with Crippen LogP contribution in [0.2, 0.25) is 0 Å². The van der Waals surface area contributed by atoms with Crippen molar-refractivity contribution >= 4 is 9.84 Å². The van der Waals surface area contributed by atoms with Crippen LogP contribution in [0.4, 0.5) is 0 Å². The van der Waals surface area contributed by atoms with Gasteiger partial charge in [-0.3, -0.25) is 0 Å². The molecule has 0 aromatic heterocycles. The Morgan fingerprint density at radius 1 is 1.38 bits per heavy atom. The van der Waals surface area contributed by atoms with Crippen LogP contribution >= 0.6 is 0 Å². The zero-order valence-electron chi connectivity index (χ0n) is 8.36. The molecule has 0 aliphatic heterocycles. The van der Waals surface area contributed by atoms with Crippen LogP contribution in [-0.4, -0.2) is 44.3 Å². The molecular formula is C8H18O4S. The molecule has 1 atom stereocenters. The van der Waals surface area contributed by atoms with E-state index in [1.54, 1.807) is 0 Å². The Bertz CT molecular complexity index is 220. The summed E-state index contributed by atoms with van der Waals surface area (Å²) in [4.78, 5) is 0. The van der Waals surface area contributed by atoms with Crippen molar-refractivity contribution < 1.29 is 18.3 Å². The van der Waals surface area contributed by atoms with E-state index in [9.17, 15) is 13.5 Å². The zero-order valence-corrected chi connectivity index (χ0v) is 9.17. The van der Waals surface area contributed by atoms with E-state index in [1.165, 1.54) is 0 Å². The highest BCUT2D eigenvalue weighted by molar-refractivity contribution is 7.90. The van der Waals surface area contributed by atoms with E-state index in [-0.39, 0.29) is 11.9 Å². The molecular weight excluding hydrogens is 192 g/mol. The van der Waals surface area contributed by atoms with E-state index < -0.39 is 15.9 Å². The lowest BCUT2D eigenvalue weighted by Gasteiger charge is -2.11. The third-order valence-electron chi connectivity index (χ3n) is 1.40. The van der Waals surface area contributed by atoms with Crippen LogP contribution in [-0.2, 0) is 14.6 Å². The second-order valence-corrected chi connectivity index (χ2v) is 5.64. The fourth-order valence-electron chi connectivity index (χ4n) is 0.873. The van der Waals surface area contributed by atoms with Gasteiger partial charge in [0.05, 0.1) is 18.0 Å². The summed E-state index contributed by atoms with van der Waals surface area (Å²) in [5.41, 5.74) is 0. The summed E-state index contributed by atoms with van der Waals surface area (Å²) in [6.45, 7) is 4.18. The first-order chi connectivity index (χ1) is 5.81. The molecule has 4 nitrogen and oxygen atoms in total. The summed E-state index contributed by atoms with van der Waals surface area (Å²) >= 11 is 0. The monoisotopic (exact) mass is 210 g/mol. The smallest absolute Gasteiger partial charge is 0.149 e. The normalized spacial score (nSPS) is 14.8. The standard InChI is InChI=1S/C8H18O4S/c1-7(2)12-5-4-8(9)6-13(3,10)11/h7-9H,4-6H2,1-3H3. The Morgan fingerprint density at radius 3 is 2.31 bits per heavy atom. The largest absolute Gasteiger partial charge is 0.392 e. The lowest BCUT2D eigenvalue weighted by molar-refractivity contribution is 0.0520. The first kappa shape index (κ1) is 12.9. The van der Waals surface area contributed by atoms with Crippen LogP contribution in [0.1, 0.15) is 20.3 Å². The van der Waals surface area contributed by atoms with E-state index in [4.69, 9.17) is 4.74 Å². The number of sulfone groups is 1. The molecule has 0 aromatic carbocycles. The SMILES string of the molecule is CC(C)OCCC(O)CS(C)(=O)=O. The van der Waals surface area contributed by atoms with Crippen LogP contribution in [0.15, 0.2) is 0 Å². The molecule has 0 aromatic rings. The molecule has 0 aliphatic rings. The molecule has 5 heteroatoms. The van der Waals surface area contributed by atoms with E-state index in [2.05, 4.69) is 0 Å². The van der Waals surface area contributed by atoms with Gasteiger partial charge in [0.15, 0.2) is 0 Å². The predicted molar refractivity (Wildman–Crippen MR) is 51.4 cm³/mol. The number of ether oxygens (including phenoxy) is 1. The van der Waals surface area contributed by atoms with Crippen LogP contribution < -0.4 is 0 Å². The van der Waals surface area contributed by atoms with Crippen LogP contribution in [0, 0.1) is 0 Å². The van der Waals surface area contributed by atoms with Gasteiger partial charge in [-0.1, -0.05) is 0 Å². The topological polar surface area (TPSA) is 63.6 Å². The number of rotatable bonds is 6. The lowest BCUT2D eigenvalue weighted by Crippen LogP contribution is -2.22. The van der Waals surface area contributed by atoms with Gasteiger partial charge in [-0.15, -0.1) is 0 Å². The average Bonchev–Trinajstić information content (AvgIpc) is 1.81. The highest BCUT2D eigenvalue weighted by Gasteiger charge is 2.11. The quantitative estimate of drug-likeness (QED) is 0.680. The van der Waals surface area contributed by atoms with Crippen molar-refractivity contribution in [2.45, 2.75) is 32.5 Å². The molecule has 0 saturated heterocycles. The lowest BCUT2D eigenvalue weighted by atomic mass is 10.3. The van der Waals surface area contributed by atoms with Crippen molar-refractivity contribution in [1.29, 1.82) is 0 Å². The number of hydrogen-bond acceptors (Lipinski definition) is 4. The van der Waals surface area contributed by atoms with Crippen molar-refractivity contribution in [1.82, 2.24) is 0 Å². The van der Waals surface area contributed by atoms with E-state index in [1.807, 2.05) is 13.8 Å². The molecule has 0 aliphatic carbocycles. The van der Waals surface area contributed by atoms with E-state index in [0.29, 0.717) is 13.0 Å². The number of hydrogen-bond donors (Lipinski definition) is 1. The Labute approximate surface area is 79.8 Å². The molecule has 0 radical (unpaired) electrons. The molecule has 80 valence electrons. The van der Waals surface area contributed by atoms with Gasteiger partial charge >= 0.3 is 0 Å². The Balaban J connectivity index is 3.58. The summed E-state index contributed by atoms with van der Waals surface area (Å²) in [5.74, 6) is -0.186. The summed E-state index contributed by atoms with van der Waals surface area (Å²) < 4.78 is 26.6. The van der Waals surface area contributed by atoms with Gasteiger partial charge in [0.2, 0.25) is 0 Å². The van der Waals surface area contributed by atoms with Crippen LogP contribution in [0.3, 0.4) is 0 Å². The summed E-state index contributed by atoms with van der Waals surface area (Å²) in [6.07, 6.45) is 0.782. The molecule has 0 amide bonds.